The lowest BCUT2D eigenvalue weighted by atomic mass is 10.0. The van der Waals surface area contributed by atoms with Crippen molar-refractivity contribution in [3.63, 3.8) is 0 Å². The van der Waals surface area contributed by atoms with Crippen LogP contribution in [0.25, 0.3) is 21.8 Å². The minimum Gasteiger partial charge on any atom is -0.508 e. The fraction of sp³-hybridized carbons (Fsp3) is 0.373. The summed E-state index contributed by atoms with van der Waals surface area (Å²) in [7, 11) is 0. The van der Waals surface area contributed by atoms with Crippen LogP contribution < -0.4 is 81.0 Å². The van der Waals surface area contributed by atoms with Crippen LogP contribution >= 0.6 is 25.3 Å². The van der Waals surface area contributed by atoms with Gasteiger partial charge in [-0.2, -0.15) is 25.3 Å². The van der Waals surface area contributed by atoms with Gasteiger partial charge in [-0.1, -0.05) is 78.9 Å². The maximum atomic E-state index is 15.2. The molecular weight excluding hydrogens is 1540 g/mol. The van der Waals surface area contributed by atoms with Crippen LogP contribution in [0.5, 0.6) is 5.75 Å². The molecule has 40 heteroatoms. The van der Waals surface area contributed by atoms with Gasteiger partial charge in [-0.3, -0.25) is 76.7 Å². The molecule has 3 heterocycles. The van der Waals surface area contributed by atoms with Gasteiger partial charge < -0.3 is 111 Å². The Bertz CT molecular complexity index is 4620. The lowest BCUT2D eigenvalue weighted by Gasteiger charge is -2.29. The van der Waals surface area contributed by atoms with Crippen LogP contribution in [0.4, 0.5) is 0 Å². The molecule has 0 saturated heterocycles. The maximum Gasteiger partial charge on any atom is 0.303 e. The summed E-state index contributed by atoms with van der Waals surface area (Å²) in [4.78, 5) is 232. The number of aliphatic carboxylic acids is 1. The minimum atomic E-state index is -1.92. The third-order valence-electron chi connectivity index (χ3n) is 18.1. The van der Waals surface area contributed by atoms with Crippen molar-refractivity contribution in [1.29, 1.82) is 0 Å². The number of rotatable bonds is 46. The number of nitrogens with two attached hydrogens (primary N) is 3. The second-order valence-corrected chi connectivity index (χ2v) is 27.7. The first kappa shape index (κ1) is 89.4. The first-order valence-corrected chi connectivity index (χ1v) is 37.5. The van der Waals surface area contributed by atoms with E-state index in [4.69, 9.17) is 17.2 Å². The number of phenols is 1. The van der Waals surface area contributed by atoms with Crippen molar-refractivity contribution >= 4 is 142 Å². The molecule has 15 amide bonds. The third kappa shape index (κ3) is 28.1. The zero-order valence-corrected chi connectivity index (χ0v) is 64.2. The summed E-state index contributed by atoms with van der Waals surface area (Å²) in [5, 5.41) is 62.3. The van der Waals surface area contributed by atoms with Gasteiger partial charge in [0.2, 0.25) is 88.6 Å². The molecule has 614 valence electrons. The number of para-hydroxylation sites is 2. The van der Waals surface area contributed by atoms with E-state index in [2.05, 4.69) is 109 Å². The van der Waals surface area contributed by atoms with E-state index in [0.717, 1.165) is 13.8 Å². The van der Waals surface area contributed by atoms with Gasteiger partial charge in [0, 0.05) is 116 Å². The number of phenolic OH excluding ortho intramolecular Hbond substituents is 1. The molecule has 0 saturated carbocycles. The van der Waals surface area contributed by atoms with Crippen molar-refractivity contribution < 1.29 is 92.0 Å². The molecule has 38 nitrogen and oxygen atoms in total. The molecule has 115 heavy (non-hydrogen) atoms. The number of amides is 15. The van der Waals surface area contributed by atoms with Gasteiger partial charge in [-0.25, -0.2) is 4.98 Å². The van der Waals surface area contributed by atoms with Crippen LogP contribution in [0.15, 0.2) is 128 Å². The van der Waals surface area contributed by atoms with E-state index >= 15 is 9.59 Å². The van der Waals surface area contributed by atoms with E-state index in [1.807, 2.05) is 0 Å². The number of primary amides is 3. The molecule has 12 atom stereocenters. The zero-order valence-electron chi connectivity index (χ0n) is 62.4. The number of H-pyrrole nitrogens is 3. The second-order valence-electron chi connectivity index (χ2n) is 27.0. The highest BCUT2D eigenvalue weighted by molar-refractivity contribution is 7.80. The van der Waals surface area contributed by atoms with Crippen molar-refractivity contribution in [2.45, 2.75) is 157 Å². The largest absolute Gasteiger partial charge is 0.508 e. The summed E-state index contributed by atoms with van der Waals surface area (Å²) in [5.74, 6) is -17.3. The molecule has 4 aromatic carbocycles. The van der Waals surface area contributed by atoms with Gasteiger partial charge in [0.05, 0.1) is 19.0 Å². The summed E-state index contributed by atoms with van der Waals surface area (Å²) in [6, 6.07) is 9.34. The highest BCUT2D eigenvalue weighted by Crippen LogP contribution is 2.23. The highest BCUT2D eigenvalue weighted by Gasteiger charge is 2.39. The lowest BCUT2D eigenvalue weighted by molar-refractivity contribution is -0.138. The number of aliphatic hydroxyl groups is 1. The SMILES string of the molecule is CC(=O)N[C@@H](CS)C(=O)N[C@@H](CCC(N)=O)C(=O)N[C@H](C(=O)N[C@@H](Cc1c[nH]c2ccccc12)C(=O)N[C@@H](CCC(N)=O)C(=O)N[C@@H](CS)C(=O)N[C@@H](Cc1ccc(O)cc1)C(=O)N[C@@H](Cc1c[nH]c2ccccc12)C(=O)N[C@@H](Cc1cnc[nH]1)C(=O)N[C@@H](CCC(=O)O)C(=O)N[C@@H](Cc1ccccc1)C(=O)NCC(N)=O)[C@@H](C)O. The number of aromatic amines is 3. The molecule has 0 spiro atoms. The van der Waals surface area contributed by atoms with Crippen LogP contribution in [0.2, 0.25) is 0 Å². The predicted octanol–water partition coefficient (Wildman–Crippen LogP) is -3.82. The molecule has 0 unspecified atom stereocenters. The van der Waals surface area contributed by atoms with Gasteiger partial charge in [0.1, 0.15) is 72.2 Å². The number of aromatic nitrogens is 4. The second kappa shape index (κ2) is 43.8. The molecule has 7 rings (SSSR count). The summed E-state index contributed by atoms with van der Waals surface area (Å²) in [6.07, 6.45) is -0.903. The number of hydrogen-bond acceptors (Lipinski definition) is 21. The maximum absolute atomic E-state index is 15.2. The van der Waals surface area contributed by atoms with Gasteiger partial charge in [-0.05, 0) is 72.7 Å². The summed E-state index contributed by atoms with van der Waals surface area (Å²) in [5.41, 5.74) is 19.4. The summed E-state index contributed by atoms with van der Waals surface area (Å²) in [6.45, 7) is 1.64. The van der Waals surface area contributed by atoms with Crippen molar-refractivity contribution in [1.82, 2.24) is 83.7 Å². The molecule has 24 N–H and O–H groups in total. The van der Waals surface area contributed by atoms with E-state index in [9.17, 15) is 82.4 Å². The summed E-state index contributed by atoms with van der Waals surface area (Å²) < 4.78 is 0. The number of fused-ring (bicyclic) bond motifs is 2. The third-order valence-corrected chi connectivity index (χ3v) is 18.8. The Kier molecular flexibility index (Phi) is 34.1. The molecule has 3 aromatic heterocycles. The van der Waals surface area contributed by atoms with Crippen LogP contribution in [-0.4, -0.2) is 220 Å². The Balaban J connectivity index is 1.16. The summed E-state index contributed by atoms with van der Waals surface area (Å²) >= 11 is 8.46. The van der Waals surface area contributed by atoms with E-state index in [0.29, 0.717) is 44.1 Å². The topological polar surface area (TPSA) is 616 Å². The van der Waals surface area contributed by atoms with Gasteiger partial charge >= 0.3 is 5.97 Å². The van der Waals surface area contributed by atoms with Crippen LogP contribution in [0, 0.1) is 0 Å². The Morgan fingerprint density at radius 2 is 0.791 bits per heavy atom. The fourth-order valence-electron chi connectivity index (χ4n) is 12.1. The number of nitrogens with zero attached hydrogens (tertiary/aromatic N) is 1. The number of imidazole rings is 1. The first-order chi connectivity index (χ1) is 54.8. The van der Waals surface area contributed by atoms with Gasteiger partial charge in [-0.15, -0.1) is 0 Å². The monoisotopic (exact) mass is 1630 g/mol. The first-order valence-electron chi connectivity index (χ1n) is 36.2. The average Bonchev–Trinajstić information content (AvgIpc) is 1.73. The molecule has 0 aliphatic heterocycles. The van der Waals surface area contributed by atoms with Crippen molar-refractivity contribution in [3.8, 4) is 5.75 Å². The van der Waals surface area contributed by atoms with Gasteiger partial charge in [0.15, 0.2) is 0 Å². The van der Waals surface area contributed by atoms with Gasteiger partial charge in [0.25, 0.3) is 0 Å². The van der Waals surface area contributed by atoms with E-state index in [1.165, 1.54) is 43.0 Å². The van der Waals surface area contributed by atoms with Crippen LogP contribution in [0.1, 0.15) is 80.3 Å². The number of carbonyl (C=O) groups is 16. The minimum absolute atomic E-state index is 0.142. The molecule has 0 aliphatic carbocycles. The Labute approximate surface area is 668 Å². The van der Waals surface area contributed by atoms with E-state index in [-0.39, 0.29) is 49.3 Å². The smallest absolute Gasteiger partial charge is 0.303 e. The number of carboxylic acids is 1. The van der Waals surface area contributed by atoms with Crippen molar-refractivity contribution in [2.24, 2.45) is 17.2 Å². The molecule has 0 bridgehead atoms. The average molecular weight is 1630 g/mol. The number of carbonyl (C=O) groups excluding carboxylic acids is 15. The molecule has 7 aromatic rings. The number of hydrogen-bond donors (Lipinski definition) is 23. The molecule has 0 radical (unpaired) electrons. The molecular formula is C75H93N19O19S2. The number of aromatic hydroxyl groups is 1. The van der Waals surface area contributed by atoms with Crippen molar-refractivity contribution in [2.75, 3.05) is 18.1 Å². The normalized spacial score (nSPS) is 14.2. The number of thiol groups is 2. The van der Waals surface area contributed by atoms with E-state index in [1.54, 1.807) is 85.1 Å². The quantitative estimate of drug-likeness (QED) is 0.0163. The predicted molar refractivity (Wildman–Crippen MR) is 420 cm³/mol. The molecule has 0 fully saturated rings. The van der Waals surface area contributed by atoms with Crippen LogP contribution in [-0.2, 0) is 109 Å². The number of benzene rings is 4. The molecule has 0 aliphatic rings. The van der Waals surface area contributed by atoms with E-state index < -0.39 is 218 Å². The Morgan fingerprint density at radius 3 is 1.22 bits per heavy atom. The van der Waals surface area contributed by atoms with Crippen LogP contribution in [0.3, 0.4) is 0 Å². The highest BCUT2D eigenvalue weighted by atomic mass is 32.1. The fourth-order valence-corrected chi connectivity index (χ4v) is 12.6. The van der Waals surface area contributed by atoms with Crippen molar-refractivity contribution in [3.05, 3.63) is 156 Å². The number of nitrogens with one attached hydrogen (secondary N) is 15. The Morgan fingerprint density at radius 1 is 0.417 bits per heavy atom. The lowest BCUT2D eigenvalue weighted by Crippen LogP contribution is -2.62. The number of carboxylic acid groups (broad SMARTS) is 1. The Hall–Kier alpha value is -12.9. The standard InChI is InChI=1S/C75H93N19O19S2/c1-38(95)64(94-68(106)51(21-24-61(77)99)87-73(111)58(35-114)84-39(2)96)75(113)92-56(29-43-32-81-49-15-9-7-13-47(43)49)70(108)85-50(20-23-60(76)98)67(105)93-59(36-115)74(112)89-54(27-41-16-18-45(97)19-17-41)69(107)90-55(28-42-31-80-48-14-8-6-12-46(42)48)71(109)91-57(30-44-33-79-37-83-44)72(110)86-52(22-25-63(101)102)66(104)88-53(65(103)82-34-62(78)100)26-40-10-4-3-5-11-40/h3-19,31-33,37-38,50-59,64,80-81,95,97,114-115H,20-30,34-36H2,1-2H3,(H2,76,98)(H2,77,99)(H2,78,100)(H,79,83)(H,82,103)(H,84,96)(H,85,108)(H,86,110)(H,87,111)(H,88,104)(H,89,112)(H,90,107)(H,91,109)(H,92,113)(H,93,105)(H,94,106)(H,101,102)/t38-,50+,51+,52+,53+,54+,55+,56+,57+,58+,59+,64+/m1/s1. The number of aliphatic hydroxyl groups excluding tert-OH is 1. The zero-order chi connectivity index (χ0) is 84.0.